The van der Waals surface area contributed by atoms with E-state index in [1.807, 2.05) is 0 Å². The van der Waals surface area contributed by atoms with Crippen molar-refractivity contribution in [3.05, 3.63) is 69.3 Å². The molecule has 2 aromatic carbocycles. The molecule has 8 nitrogen and oxygen atoms in total. The van der Waals surface area contributed by atoms with Crippen LogP contribution in [0, 0.1) is 0 Å². The van der Waals surface area contributed by atoms with Crippen molar-refractivity contribution in [2.24, 2.45) is 0 Å². The summed E-state index contributed by atoms with van der Waals surface area (Å²) >= 11 is 0. The van der Waals surface area contributed by atoms with E-state index in [1.165, 1.54) is 25.5 Å². The third kappa shape index (κ3) is 2.18. The molecule has 0 saturated heterocycles. The largest absolute Gasteiger partial charge is 0.497 e. The van der Waals surface area contributed by atoms with Gasteiger partial charge < -0.3 is 18.7 Å². The number of rotatable bonds is 2. The van der Waals surface area contributed by atoms with Gasteiger partial charge in [-0.2, -0.15) is 0 Å². The Kier molecular flexibility index (Phi) is 3.23. The summed E-state index contributed by atoms with van der Waals surface area (Å²) in [4.78, 5) is 29.8. The molecule has 6 aromatic rings. The minimum atomic E-state index is -0.227. The van der Waals surface area contributed by atoms with Crippen molar-refractivity contribution in [2.45, 2.75) is 0 Å². The molecule has 0 aliphatic rings. The quantitative estimate of drug-likeness (QED) is 0.456. The number of methoxy groups -OCH3 is 1. The molecular weight excluding hydrogens is 386 g/mol. The zero-order valence-corrected chi connectivity index (χ0v) is 15.6. The van der Waals surface area contributed by atoms with Gasteiger partial charge in [0, 0.05) is 28.6 Å². The lowest BCUT2D eigenvalue weighted by Crippen LogP contribution is -2.05. The van der Waals surface area contributed by atoms with Crippen LogP contribution in [0.2, 0.25) is 0 Å². The highest BCUT2D eigenvalue weighted by atomic mass is 16.5. The van der Waals surface area contributed by atoms with E-state index in [9.17, 15) is 9.59 Å². The molecule has 0 atom stereocenters. The van der Waals surface area contributed by atoms with E-state index in [0.29, 0.717) is 60.9 Å². The number of benzene rings is 2. The molecule has 30 heavy (non-hydrogen) atoms. The molecule has 0 aliphatic heterocycles. The smallest absolute Gasteiger partial charge is 0.200 e. The minimum absolute atomic E-state index is 0.167. The SMILES string of the molecule is COc1ccc2occ(-c3c4c[nH][nH]c4nc4c3oc3cc(=O)ccc34)c(=O)c2c1. The molecule has 0 bridgehead atoms. The topological polar surface area (TPSA) is 114 Å². The van der Waals surface area contributed by atoms with Gasteiger partial charge in [0.15, 0.2) is 16.7 Å². The second kappa shape index (κ2) is 5.84. The summed E-state index contributed by atoms with van der Waals surface area (Å²) in [5.41, 5.74) is 2.84. The summed E-state index contributed by atoms with van der Waals surface area (Å²) in [6.07, 6.45) is 3.13. The van der Waals surface area contributed by atoms with Crippen LogP contribution < -0.4 is 15.6 Å². The van der Waals surface area contributed by atoms with Crippen LogP contribution >= 0.6 is 0 Å². The fraction of sp³-hybridized carbons (Fsp3) is 0.0455. The maximum atomic E-state index is 13.4. The first-order chi connectivity index (χ1) is 14.6. The van der Waals surface area contributed by atoms with E-state index in [0.717, 1.165) is 0 Å². The summed E-state index contributed by atoms with van der Waals surface area (Å²) in [7, 11) is 1.54. The molecule has 4 aromatic heterocycles. The number of hydrogen-bond acceptors (Lipinski definition) is 6. The molecule has 2 N–H and O–H groups in total. The molecule has 6 rings (SSSR count). The monoisotopic (exact) mass is 399 g/mol. The Morgan fingerprint density at radius 1 is 1.00 bits per heavy atom. The van der Waals surface area contributed by atoms with Crippen molar-refractivity contribution in [3.63, 3.8) is 0 Å². The Balaban J connectivity index is 1.80. The lowest BCUT2D eigenvalue weighted by Gasteiger charge is -2.06. The second-order valence-electron chi connectivity index (χ2n) is 6.94. The summed E-state index contributed by atoms with van der Waals surface area (Å²) in [6, 6.07) is 9.61. The molecule has 0 unspecified atom stereocenters. The first kappa shape index (κ1) is 16.6. The molecule has 8 heteroatoms. The molecule has 146 valence electrons. The van der Waals surface area contributed by atoms with Crippen LogP contribution in [0.3, 0.4) is 0 Å². The van der Waals surface area contributed by atoms with Crippen LogP contribution in [0.5, 0.6) is 5.75 Å². The Bertz CT molecular complexity index is 1740. The molecule has 0 radical (unpaired) electrons. The van der Waals surface area contributed by atoms with Gasteiger partial charge in [0.2, 0.25) is 5.43 Å². The number of H-pyrrole nitrogens is 2. The van der Waals surface area contributed by atoms with Crippen molar-refractivity contribution in [3.8, 4) is 16.9 Å². The molecule has 0 saturated carbocycles. The van der Waals surface area contributed by atoms with Crippen molar-refractivity contribution in [2.75, 3.05) is 7.11 Å². The maximum absolute atomic E-state index is 13.4. The van der Waals surface area contributed by atoms with Crippen LogP contribution in [0.4, 0.5) is 0 Å². The summed E-state index contributed by atoms with van der Waals surface area (Å²) in [6.45, 7) is 0. The van der Waals surface area contributed by atoms with Gasteiger partial charge in [0.25, 0.3) is 0 Å². The number of nitrogens with one attached hydrogen (secondary N) is 2. The van der Waals surface area contributed by atoms with Crippen LogP contribution in [-0.4, -0.2) is 22.3 Å². The van der Waals surface area contributed by atoms with Gasteiger partial charge >= 0.3 is 0 Å². The Labute approximate surface area is 166 Å². The van der Waals surface area contributed by atoms with E-state index < -0.39 is 0 Å². The minimum Gasteiger partial charge on any atom is -0.497 e. The molecule has 0 aliphatic carbocycles. The van der Waals surface area contributed by atoms with Gasteiger partial charge in [-0.3, -0.25) is 14.7 Å². The van der Waals surface area contributed by atoms with E-state index in [1.54, 1.807) is 30.5 Å². The standard InChI is InChI=1S/C22H13N3O5/c1-28-11-3-5-16-13(7-11)20(27)15(9-29-16)18-14-8-23-25-22(14)24-19-12-4-2-10(26)6-17(12)30-21(18)19/h2-9H,1H3,(H2,23,24,25). The highest BCUT2D eigenvalue weighted by molar-refractivity contribution is 6.14. The van der Waals surface area contributed by atoms with Crippen molar-refractivity contribution in [1.29, 1.82) is 0 Å². The lowest BCUT2D eigenvalue weighted by molar-refractivity contribution is 0.415. The number of hydrogen-bond donors (Lipinski definition) is 2. The van der Waals surface area contributed by atoms with E-state index in [-0.39, 0.29) is 10.9 Å². The number of ether oxygens (including phenoxy) is 1. The molecule has 0 fully saturated rings. The molecule has 4 heterocycles. The highest BCUT2D eigenvalue weighted by Crippen LogP contribution is 2.38. The fourth-order valence-corrected chi connectivity index (χ4v) is 3.85. The number of nitrogens with zero attached hydrogens (tertiary/aromatic N) is 1. The predicted molar refractivity (Wildman–Crippen MR) is 112 cm³/mol. The zero-order chi connectivity index (χ0) is 20.4. The highest BCUT2D eigenvalue weighted by Gasteiger charge is 2.22. The Hall–Kier alpha value is -4.33. The lowest BCUT2D eigenvalue weighted by atomic mass is 10.0. The molecule has 0 amide bonds. The number of furan rings is 1. The van der Waals surface area contributed by atoms with Gasteiger partial charge in [-0.15, -0.1) is 0 Å². The number of pyridine rings is 1. The summed E-state index contributed by atoms with van der Waals surface area (Å²) < 4.78 is 17.0. The number of aromatic nitrogens is 3. The first-order valence-corrected chi connectivity index (χ1v) is 9.16. The van der Waals surface area contributed by atoms with E-state index in [4.69, 9.17) is 13.6 Å². The van der Waals surface area contributed by atoms with Crippen LogP contribution in [-0.2, 0) is 0 Å². The van der Waals surface area contributed by atoms with Gasteiger partial charge in [-0.25, -0.2) is 4.98 Å². The van der Waals surface area contributed by atoms with Gasteiger partial charge in [-0.05, 0) is 30.3 Å². The second-order valence-corrected chi connectivity index (χ2v) is 6.94. The third-order valence-electron chi connectivity index (χ3n) is 5.27. The number of aromatic amines is 2. The van der Waals surface area contributed by atoms with E-state index >= 15 is 0 Å². The fourth-order valence-electron chi connectivity index (χ4n) is 3.85. The normalized spacial score (nSPS) is 11.8. The first-order valence-electron chi connectivity index (χ1n) is 9.16. The average molecular weight is 399 g/mol. The average Bonchev–Trinajstić information content (AvgIpc) is 3.36. The van der Waals surface area contributed by atoms with Gasteiger partial charge in [0.05, 0.1) is 18.1 Å². The van der Waals surface area contributed by atoms with Crippen LogP contribution in [0.25, 0.3) is 55.2 Å². The zero-order valence-electron chi connectivity index (χ0n) is 15.6. The van der Waals surface area contributed by atoms with Crippen molar-refractivity contribution >= 4 is 44.1 Å². The third-order valence-corrected chi connectivity index (χ3v) is 5.27. The summed E-state index contributed by atoms with van der Waals surface area (Å²) in [5, 5.41) is 7.63. The van der Waals surface area contributed by atoms with E-state index in [2.05, 4.69) is 15.2 Å². The maximum Gasteiger partial charge on any atom is 0.200 e. The molecular formula is C22H13N3O5. The van der Waals surface area contributed by atoms with Crippen molar-refractivity contribution in [1.82, 2.24) is 15.2 Å². The Morgan fingerprint density at radius 3 is 2.77 bits per heavy atom. The van der Waals surface area contributed by atoms with Gasteiger partial charge in [0.1, 0.15) is 28.7 Å². The number of fused-ring (bicyclic) bond motifs is 5. The predicted octanol–water partition coefficient (Wildman–Crippen LogP) is 3.93. The Morgan fingerprint density at radius 2 is 1.90 bits per heavy atom. The van der Waals surface area contributed by atoms with Gasteiger partial charge in [-0.1, -0.05) is 0 Å². The van der Waals surface area contributed by atoms with Crippen LogP contribution in [0.1, 0.15) is 0 Å². The summed E-state index contributed by atoms with van der Waals surface area (Å²) in [5.74, 6) is 0.554. The molecule has 0 spiro atoms. The van der Waals surface area contributed by atoms with Crippen molar-refractivity contribution < 1.29 is 13.6 Å². The van der Waals surface area contributed by atoms with Crippen LogP contribution in [0.15, 0.2) is 67.3 Å².